The number of halogens is 1. The van der Waals surface area contributed by atoms with E-state index in [2.05, 4.69) is 15.3 Å². The van der Waals surface area contributed by atoms with Gasteiger partial charge in [0.25, 0.3) is 0 Å². The molecule has 0 bridgehead atoms. The molecule has 4 nitrogen and oxygen atoms in total. The lowest BCUT2D eigenvalue weighted by atomic mass is 10.1. The largest absolute Gasteiger partial charge is 0.309 e. The summed E-state index contributed by atoms with van der Waals surface area (Å²) in [5.74, 6) is 0.997. The summed E-state index contributed by atoms with van der Waals surface area (Å²) in [6, 6.07) is 0. The zero-order valence-corrected chi connectivity index (χ0v) is 9.16. The van der Waals surface area contributed by atoms with Crippen LogP contribution in [0.3, 0.4) is 0 Å². The molecule has 1 aliphatic carbocycles. The van der Waals surface area contributed by atoms with Crippen LogP contribution in [0.2, 0.25) is 5.15 Å². The summed E-state index contributed by atoms with van der Waals surface area (Å²) in [5.41, 5.74) is 0. The van der Waals surface area contributed by atoms with E-state index in [0.717, 1.165) is 12.8 Å². The second-order valence-electron chi connectivity index (χ2n) is 3.84. The van der Waals surface area contributed by atoms with E-state index in [0.29, 0.717) is 11.7 Å². The summed E-state index contributed by atoms with van der Waals surface area (Å²) in [7, 11) is 0. The van der Waals surface area contributed by atoms with E-state index < -0.39 is 0 Å². The molecule has 0 aliphatic heterocycles. The molecule has 1 atom stereocenters. The highest BCUT2D eigenvalue weighted by atomic mass is 35.5. The molecular formula is C10H12ClN3O. The molecule has 1 aromatic heterocycles. The molecule has 1 aliphatic rings. The van der Waals surface area contributed by atoms with Crippen molar-refractivity contribution in [1.29, 1.82) is 0 Å². The zero-order chi connectivity index (χ0) is 10.8. The maximum Gasteiger partial charge on any atom is 0.228 e. The standard InChI is InChI=1S/C10H12ClN3O/c1-6(7-2-3-7)10(15)14-9-5-12-4-8(11)13-9/h4-7H,2-3H2,1H3,(H,13,14,15). The van der Waals surface area contributed by atoms with E-state index in [1.165, 1.54) is 12.4 Å². The quantitative estimate of drug-likeness (QED) is 0.857. The van der Waals surface area contributed by atoms with Crippen LogP contribution in [0.15, 0.2) is 12.4 Å². The Hall–Kier alpha value is -1.16. The van der Waals surface area contributed by atoms with Crippen LogP contribution in [0, 0.1) is 11.8 Å². The lowest BCUT2D eigenvalue weighted by Gasteiger charge is -2.09. The first-order chi connectivity index (χ1) is 7.16. The Labute approximate surface area is 93.1 Å². The highest BCUT2D eigenvalue weighted by molar-refractivity contribution is 6.29. The van der Waals surface area contributed by atoms with E-state index >= 15 is 0 Å². The van der Waals surface area contributed by atoms with Crippen molar-refractivity contribution in [1.82, 2.24) is 9.97 Å². The van der Waals surface area contributed by atoms with E-state index in [4.69, 9.17) is 11.6 Å². The van der Waals surface area contributed by atoms with Gasteiger partial charge in [-0.1, -0.05) is 18.5 Å². The van der Waals surface area contributed by atoms with E-state index in [1.54, 1.807) is 0 Å². The number of hydrogen-bond acceptors (Lipinski definition) is 3. The molecule has 1 unspecified atom stereocenters. The van der Waals surface area contributed by atoms with E-state index in [9.17, 15) is 4.79 Å². The number of carbonyl (C=O) groups excluding carboxylic acids is 1. The summed E-state index contributed by atoms with van der Waals surface area (Å²) in [6.45, 7) is 1.94. The molecule has 1 amide bonds. The molecule has 80 valence electrons. The lowest BCUT2D eigenvalue weighted by Crippen LogP contribution is -2.22. The molecule has 0 aromatic carbocycles. The maximum atomic E-state index is 11.7. The molecule has 5 heteroatoms. The molecule has 1 fully saturated rings. The van der Waals surface area contributed by atoms with Gasteiger partial charge in [-0.3, -0.25) is 9.78 Å². The van der Waals surface area contributed by atoms with Crippen molar-refractivity contribution < 1.29 is 4.79 Å². The van der Waals surface area contributed by atoms with Crippen molar-refractivity contribution in [3.63, 3.8) is 0 Å². The molecule has 1 heterocycles. The summed E-state index contributed by atoms with van der Waals surface area (Å²) in [5, 5.41) is 2.99. The van der Waals surface area contributed by atoms with Crippen molar-refractivity contribution in [3.05, 3.63) is 17.5 Å². The Kier molecular flexibility index (Phi) is 2.86. The first-order valence-corrected chi connectivity index (χ1v) is 5.33. The molecule has 0 radical (unpaired) electrons. The summed E-state index contributed by atoms with van der Waals surface area (Å²) < 4.78 is 0. The van der Waals surface area contributed by atoms with Gasteiger partial charge in [0.05, 0.1) is 12.4 Å². The zero-order valence-electron chi connectivity index (χ0n) is 8.40. The van der Waals surface area contributed by atoms with Gasteiger partial charge in [0, 0.05) is 5.92 Å². The number of nitrogens with zero attached hydrogens (tertiary/aromatic N) is 2. The molecule has 1 N–H and O–H groups in total. The smallest absolute Gasteiger partial charge is 0.228 e. The lowest BCUT2D eigenvalue weighted by molar-refractivity contribution is -0.119. The molecule has 1 saturated carbocycles. The number of amides is 1. The van der Waals surface area contributed by atoms with Crippen molar-refractivity contribution in [2.24, 2.45) is 11.8 Å². The van der Waals surface area contributed by atoms with E-state index in [-0.39, 0.29) is 17.0 Å². The van der Waals surface area contributed by atoms with Crippen LogP contribution < -0.4 is 5.32 Å². The Morgan fingerprint density at radius 1 is 1.60 bits per heavy atom. The van der Waals surface area contributed by atoms with Gasteiger partial charge in [-0.15, -0.1) is 0 Å². The van der Waals surface area contributed by atoms with Crippen molar-refractivity contribution in [3.8, 4) is 0 Å². The van der Waals surface area contributed by atoms with Gasteiger partial charge in [0.1, 0.15) is 5.15 Å². The number of carbonyl (C=O) groups is 1. The normalized spacial score (nSPS) is 17.2. The van der Waals surface area contributed by atoms with Crippen LogP contribution in [-0.2, 0) is 4.79 Å². The van der Waals surface area contributed by atoms with Crippen LogP contribution in [0.25, 0.3) is 0 Å². The highest BCUT2D eigenvalue weighted by Crippen LogP contribution is 2.36. The Balaban J connectivity index is 1.98. The first kappa shape index (κ1) is 10.4. The number of hydrogen-bond donors (Lipinski definition) is 1. The third kappa shape index (κ3) is 2.65. The number of nitrogens with one attached hydrogen (secondary N) is 1. The van der Waals surface area contributed by atoms with Gasteiger partial charge < -0.3 is 5.32 Å². The van der Waals surface area contributed by atoms with Gasteiger partial charge in [0.2, 0.25) is 5.91 Å². The highest BCUT2D eigenvalue weighted by Gasteiger charge is 2.32. The SMILES string of the molecule is CC(C(=O)Nc1cncc(Cl)n1)C1CC1. The minimum Gasteiger partial charge on any atom is -0.309 e. The number of anilines is 1. The predicted octanol–water partition coefficient (Wildman–Crippen LogP) is 2.11. The maximum absolute atomic E-state index is 11.7. The third-order valence-electron chi connectivity index (χ3n) is 2.60. The summed E-state index contributed by atoms with van der Waals surface area (Å²) in [4.78, 5) is 19.5. The molecular weight excluding hydrogens is 214 g/mol. The monoisotopic (exact) mass is 225 g/mol. The van der Waals surface area contributed by atoms with Crippen molar-refractivity contribution in [2.45, 2.75) is 19.8 Å². The molecule has 1 aromatic rings. The minimum atomic E-state index is -0.00549. The number of rotatable bonds is 3. The van der Waals surface area contributed by atoms with Crippen molar-refractivity contribution >= 4 is 23.3 Å². The molecule has 0 spiro atoms. The molecule has 0 saturated heterocycles. The van der Waals surface area contributed by atoms with Gasteiger partial charge in [-0.05, 0) is 18.8 Å². The Morgan fingerprint density at radius 2 is 2.33 bits per heavy atom. The predicted molar refractivity (Wildman–Crippen MR) is 57.6 cm³/mol. The Bertz CT molecular complexity index is 379. The van der Waals surface area contributed by atoms with Crippen molar-refractivity contribution in [2.75, 3.05) is 5.32 Å². The van der Waals surface area contributed by atoms with Gasteiger partial charge in [-0.25, -0.2) is 4.98 Å². The van der Waals surface area contributed by atoms with Crippen LogP contribution >= 0.6 is 11.6 Å². The number of aromatic nitrogens is 2. The first-order valence-electron chi connectivity index (χ1n) is 4.95. The van der Waals surface area contributed by atoms with Crippen LogP contribution in [0.4, 0.5) is 5.82 Å². The van der Waals surface area contributed by atoms with Gasteiger partial charge >= 0.3 is 0 Å². The van der Waals surface area contributed by atoms with Gasteiger partial charge in [0.15, 0.2) is 5.82 Å². The van der Waals surface area contributed by atoms with Crippen LogP contribution in [-0.4, -0.2) is 15.9 Å². The average molecular weight is 226 g/mol. The molecule has 2 rings (SSSR count). The fraction of sp³-hybridized carbons (Fsp3) is 0.500. The second-order valence-corrected chi connectivity index (χ2v) is 4.23. The molecule has 15 heavy (non-hydrogen) atoms. The fourth-order valence-electron chi connectivity index (χ4n) is 1.45. The average Bonchev–Trinajstić information content (AvgIpc) is 2.99. The topological polar surface area (TPSA) is 54.9 Å². The van der Waals surface area contributed by atoms with Gasteiger partial charge in [-0.2, -0.15) is 0 Å². The summed E-state index contributed by atoms with van der Waals surface area (Å²) >= 11 is 5.66. The Morgan fingerprint density at radius 3 is 2.93 bits per heavy atom. The van der Waals surface area contributed by atoms with E-state index in [1.807, 2.05) is 6.92 Å². The second kappa shape index (κ2) is 4.14. The summed E-state index contributed by atoms with van der Waals surface area (Å²) in [6.07, 6.45) is 5.22. The minimum absolute atomic E-state index is 0.00549. The third-order valence-corrected chi connectivity index (χ3v) is 2.78. The van der Waals surface area contributed by atoms with Crippen LogP contribution in [0.5, 0.6) is 0 Å². The fourth-order valence-corrected chi connectivity index (χ4v) is 1.60. The van der Waals surface area contributed by atoms with Crippen LogP contribution in [0.1, 0.15) is 19.8 Å².